The molecule has 12 nitrogen and oxygen atoms in total. The van der Waals surface area contributed by atoms with Crippen molar-refractivity contribution in [2.45, 2.75) is 58.5 Å². The molecule has 0 unspecified atom stereocenters. The number of aromatic nitrogens is 7. The highest BCUT2D eigenvalue weighted by atomic mass is 16.5. The van der Waals surface area contributed by atoms with Crippen molar-refractivity contribution >= 4 is 22.9 Å². The highest BCUT2D eigenvalue weighted by Crippen LogP contribution is 2.25. The van der Waals surface area contributed by atoms with E-state index >= 15 is 0 Å². The highest BCUT2D eigenvalue weighted by Gasteiger charge is 2.24. The molecule has 12 heteroatoms. The highest BCUT2D eigenvalue weighted by molar-refractivity contribution is 5.94. The fraction of sp³-hybridized carbons (Fsp3) is 0.458. The van der Waals surface area contributed by atoms with Crippen molar-refractivity contribution in [2.24, 2.45) is 0 Å². The van der Waals surface area contributed by atoms with E-state index in [9.17, 15) is 4.79 Å². The monoisotopic (exact) mass is 490 g/mol. The molecule has 36 heavy (non-hydrogen) atoms. The number of amides is 1. The van der Waals surface area contributed by atoms with E-state index in [4.69, 9.17) is 10.3 Å². The molecular weight excluding hydrogens is 460 g/mol. The molecule has 0 aromatic carbocycles. The molecule has 0 bridgehead atoms. The predicted molar refractivity (Wildman–Crippen MR) is 133 cm³/mol. The van der Waals surface area contributed by atoms with Crippen LogP contribution in [0.3, 0.4) is 0 Å². The minimum atomic E-state index is -0.466. The first-order valence-electron chi connectivity index (χ1n) is 12.0. The molecule has 0 spiro atoms. The molecule has 0 saturated carbocycles. The minimum absolute atomic E-state index is 0.190. The summed E-state index contributed by atoms with van der Waals surface area (Å²) in [6.45, 7) is 10.4. The Labute approximate surface area is 208 Å². The molecule has 1 aliphatic rings. The number of H-pyrrole nitrogens is 1. The Morgan fingerprint density at radius 2 is 2.00 bits per heavy atom. The number of aromatic amines is 1. The van der Waals surface area contributed by atoms with Crippen molar-refractivity contribution in [1.82, 2.24) is 45.3 Å². The van der Waals surface area contributed by atoms with Gasteiger partial charge in [0, 0.05) is 23.6 Å². The second-order valence-electron chi connectivity index (χ2n) is 10.1. The third-order valence-electron chi connectivity index (χ3n) is 6.23. The average Bonchev–Trinajstić information content (AvgIpc) is 3.59. The number of imidazole rings is 1. The Balaban J connectivity index is 1.33. The van der Waals surface area contributed by atoms with E-state index in [1.807, 2.05) is 27.7 Å². The van der Waals surface area contributed by atoms with E-state index in [1.165, 1.54) is 6.33 Å². The summed E-state index contributed by atoms with van der Waals surface area (Å²) in [5.41, 5.74) is 8.59. The van der Waals surface area contributed by atoms with E-state index in [1.54, 1.807) is 12.3 Å². The molecule has 1 aliphatic heterocycles. The molecule has 4 N–H and O–H groups in total. The summed E-state index contributed by atoms with van der Waals surface area (Å²) in [6.07, 6.45) is 5.30. The number of rotatable bonds is 6. The number of fused-ring (bicyclic) bond motifs is 1. The Morgan fingerprint density at radius 3 is 2.75 bits per heavy atom. The second kappa shape index (κ2) is 9.26. The standard InChI is InChI=1S/C24H30N10O2/c1-13(29-22(35)18-14(19(25)28-12-27-18)11-34-7-5-6-8-34)17-9-15(33-36-17)20-30-16-10-26-23(24(2,3)4)32-21(16)31-20/h9-10,12-13H,5-8,11H2,1-4H3,(H,29,35)(H2,25,27,28)(H,26,30,31,32)/t13-/m1/s1. The lowest BCUT2D eigenvalue weighted by Crippen LogP contribution is -2.30. The number of nitrogen functional groups attached to an aromatic ring is 1. The van der Waals surface area contributed by atoms with E-state index in [-0.39, 0.29) is 17.0 Å². The van der Waals surface area contributed by atoms with Gasteiger partial charge in [-0.25, -0.2) is 24.9 Å². The van der Waals surface area contributed by atoms with Crippen molar-refractivity contribution in [3.63, 3.8) is 0 Å². The zero-order valence-electron chi connectivity index (χ0n) is 20.9. The van der Waals surface area contributed by atoms with Crippen LogP contribution in [0.4, 0.5) is 5.82 Å². The first-order chi connectivity index (χ1) is 17.2. The molecule has 1 amide bonds. The number of nitrogens with two attached hydrogens (primary N) is 1. The van der Waals surface area contributed by atoms with Crippen LogP contribution in [0.15, 0.2) is 23.1 Å². The lowest BCUT2D eigenvalue weighted by Gasteiger charge is -2.18. The fourth-order valence-corrected chi connectivity index (χ4v) is 4.17. The van der Waals surface area contributed by atoms with Gasteiger partial charge in [-0.3, -0.25) is 9.69 Å². The van der Waals surface area contributed by atoms with Gasteiger partial charge in [0.05, 0.1) is 12.2 Å². The van der Waals surface area contributed by atoms with Gasteiger partial charge in [0.1, 0.15) is 34.9 Å². The summed E-state index contributed by atoms with van der Waals surface area (Å²) in [7, 11) is 0. The third-order valence-corrected chi connectivity index (χ3v) is 6.23. The maximum Gasteiger partial charge on any atom is 0.271 e. The molecule has 1 saturated heterocycles. The van der Waals surface area contributed by atoms with Crippen LogP contribution in [0.5, 0.6) is 0 Å². The normalized spacial score (nSPS) is 15.4. The summed E-state index contributed by atoms with van der Waals surface area (Å²) in [4.78, 5) is 40.4. The number of anilines is 1. The summed E-state index contributed by atoms with van der Waals surface area (Å²) in [5, 5.41) is 7.06. The zero-order chi connectivity index (χ0) is 25.4. The van der Waals surface area contributed by atoms with Crippen molar-refractivity contribution < 1.29 is 9.32 Å². The van der Waals surface area contributed by atoms with Crippen LogP contribution in [0.2, 0.25) is 0 Å². The lowest BCUT2D eigenvalue weighted by molar-refractivity contribution is 0.0926. The SMILES string of the molecule is C[C@@H](NC(=O)c1ncnc(N)c1CN1CCCC1)c1cc(-c2nc3nc(C(C)(C)C)ncc3[nH]2)no1. The molecule has 5 heterocycles. The van der Waals surface area contributed by atoms with E-state index in [0.717, 1.165) is 25.9 Å². The quantitative estimate of drug-likeness (QED) is 0.366. The Kier molecular flexibility index (Phi) is 6.12. The van der Waals surface area contributed by atoms with Gasteiger partial charge in [-0.05, 0) is 32.9 Å². The van der Waals surface area contributed by atoms with Gasteiger partial charge >= 0.3 is 0 Å². The molecule has 0 radical (unpaired) electrons. The van der Waals surface area contributed by atoms with Gasteiger partial charge in [-0.2, -0.15) is 0 Å². The van der Waals surface area contributed by atoms with Crippen molar-refractivity contribution in [2.75, 3.05) is 18.8 Å². The summed E-state index contributed by atoms with van der Waals surface area (Å²) in [5.74, 6) is 1.66. The van der Waals surface area contributed by atoms with Crippen LogP contribution in [-0.4, -0.2) is 59.0 Å². The number of nitrogens with zero attached hydrogens (tertiary/aromatic N) is 7. The first kappa shape index (κ1) is 23.8. The van der Waals surface area contributed by atoms with Gasteiger partial charge in [-0.15, -0.1) is 0 Å². The molecular formula is C24H30N10O2. The van der Waals surface area contributed by atoms with Crippen LogP contribution in [0.1, 0.15) is 74.2 Å². The van der Waals surface area contributed by atoms with Gasteiger partial charge in [-0.1, -0.05) is 25.9 Å². The van der Waals surface area contributed by atoms with Crippen molar-refractivity contribution in [1.29, 1.82) is 0 Å². The second-order valence-corrected chi connectivity index (χ2v) is 10.1. The first-order valence-corrected chi connectivity index (χ1v) is 12.0. The van der Waals surface area contributed by atoms with Crippen LogP contribution < -0.4 is 11.1 Å². The van der Waals surface area contributed by atoms with Gasteiger partial charge < -0.3 is 20.6 Å². The topological polar surface area (TPSA) is 165 Å². The molecule has 188 valence electrons. The number of hydrogen-bond acceptors (Lipinski definition) is 10. The number of carbonyl (C=O) groups is 1. The van der Waals surface area contributed by atoms with Crippen LogP contribution in [0, 0.1) is 0 Å². The van der Waals surface area contributed by atoms with Crippen LogP contribution in [-0.2, 0) is 12.0 Å². The number of likely N-dealkylation sites (tertiary alicyclic amines) is 1. The van der Waals surface area contributed by atoms with Crippen LogP contribution >= 0.6 is 0 Å². The van der Waals surface area contributed by atoms with Gasteiger partial charge in [0.15, 0.2) is 17.2 Å². The summed E-state index contributed by atoms with van der Waals surface area (Å²) < 4.78 is 5.53. The average molecular weight is 491 g/mol. The van der Waals surface area contributed by atoms with Crippen molar-refractivity contribution in [3.8, 4) is 11.5 Å². The van der Waals surface area contributed by atoms with Crippen LogP contribution in [0.25, 0.3) is 22.7 Å². The van der Waals surface area contributed by atoms with E-state index in [2.05, 4.69) is 45.3 Å². The summed E-state index contributed by atoms with van der Waals surface area (Å²) >= 11 is 0. The fourth-order valence-electron chi connectivity index (χ4n) is 4.17. The molecule has 5 rings (SSSR count). The van der Waals surface area contributed by atoms with E-state index < -0.39 is 6.04 Å². The lowest BCUT2D eigenvalue weighted by atomic mass is 9.96. The maximum atomic E-state index is 13.1. The molecule has 4 aromatic rings. The minimum Gasteiger partial charge on any atom is -0.383 e. The molecule has 4 aromatic heterocycles. The predicted octanol–water partition coefficient (Wildman–Crippen LogP) is 2.76. The molecule has 1 fully saturated rings. The number of hydrogen-bond donors (Lipinski definition) is 3. The maximum absolute atomic E-state index is 13.1. The zero-order valence-corrected chi connectivity index (χ0v) is 20.9. The summed E-state index contributed by atoms with van der Waals surface area (Å²) in [6, 6.07) is 1.27. The van der Waals surface area contributed by atoms with Gasteiger partial charge in [0.25, 0.3) is 5.91 Å². The third kappa shape index (κ3) is 4.76. The number of nitrogens with one attached hydrogen (secondary N) is 2. The Morgan fingerprint density at radius 1 is 1.22 bits per heavy atom. The van der Waals surface area contributed by atoms with Gasteiger partial charge in [0.2, 0.25) is 0 Å². The largest absolute Gasteiger partial charge is 0.383 e. The Hall–Kier alpha value is -3.93. The molecule has 0 aliphatic carbocycles. The Bertz CT molecular complexity index is 1400. The number of carbonyl (C=O) groups excluding carboxylic acids is 1. The van der Waals surface area contributed by atoms with Crippen molar-refractivity contribution in [3.05, 3.63) is 41.4 Å². The molecule has 1 atom stereocenters. The van der Waals surface area contributed by atoms with E-state index in [0.29, 0.717) is 52.2 Å². The smallest absolute Gasteiger partial charge is 0.271 e.